The van der Waals surface area contributed by atoms with E-state index in [0.717, 1.165) is 35.9 Å². The van der Waals surface area contributed by atoms with Crippen molar-refractivity contribution >= 4 is 11.8 Å². The number of carbonyl (C=O) groups excluding carboxylic acids is 1. The third kappa shape index (κ3) is 3.86. The Hall–Kier alpha value is -2.70. The van der Waals surface area contributed by atoms with E-state index in [0.29, 0.717) is 19.2 Å². The molecule has 1 saturated carbocycles. The Bertz CT molecular complexity index is 813. The summed E-state index contributed by atoms with van der Waals surface area (Å²) >= 11 is 0. The molecule has 1 aromatic heterocycles. The largest absolute Gasteiger partial charge is 0.486 e. The van der Waals surface area contributed by atoms with Crippen molar-refractivity contribution in [3.05, 3.63) is 36.0 Å². The Balaban J connectivity index is 1.38. The average Bonchev–Trinajstić information content (AvgIpc) is 3.31. The summed E-state index contributed by atoms with van der Waals surface area (Å²) < 4.78 is 13.7. The highest BCUT2D eigenvalue weighted by atomic mass is 16.6. The number of aromatic nitrogens is 2. The fourth-order valence-electron chi connectivity index (χ4n) is 3.78. The number of hydrogen-bond donors (Lipinski definition) is 1. The predicted molar refractivity (Wildman–Crippen MR) is 102 cm³/mol. The molecule has 2 aromatic rings. The van der Waals surface area contributed by atoms with Crippen molar-refractivity contribution < 1.29 is 14.3 Å². The van der Waals surface area contributed by atoms with Gasteiger partial charge in [0.2, 0.25) is 0 Å². The van der Waals surface area contributed by atoms with Gasteiger partial charge in [-0.15, -0.1) is 0 Å². The number of ether oxygens (including phenoxy) is 2. The minimum Gasteiger partial charge on any atom is -0.486 e. The van der Waals surface area contributed by atoms with Crippen LogP contribution >= 0.6 is 0 Å². The number of rotatable bonds is 4. The van der Waals surface area contributed by atoms with E-state index in [-0.39, 0.29) is 12.1 Å². The van der Waals surface area contributed by atoms with E-state index in [9.17, 15) is 4.79 Å². The Morgan fingerprint density at radius 2 is 2.04 bits per heavy atom. The predicted octanol–water partition coefficient (Wildman–Crippen LogP) is 3.61. The minimum atomic E-state index is -0.197. The number of para-hydroxylation sites is 2. The minimum absolute atomic E-state index is 0.170. The number of nitrogens with zero attached hydrogens (tertiary/aromatic N) is 3. The quantitative estimate of drug-likeness (QED) is 0.893. The number of hydrogen-bond acceptors (Lipinski definition) is 4. The molecule has 1 N–H and O–H groups in total. The van der Waals surface area contributed by atoms with Crippen molar-refractivity contribution in [1.29, 1.82) is 0 Å². The normalized spacial score (nSPS) is 19.1. The maximum Gasteiger partial charge on any atom is 0.322 e. The molecule has 1 atom stereocenters. The first-order valence-electron chi connectivity index (χ1n) is 9.57. The first-order valence-corrected chi connectivity index (χ1v) is 9.57. The van der Waals surface area contributed by atoms with Gasteiger partial charge in [-0.25, -0.2) is 9.48 Å². The molecule has 7 nitrogen and oxygen atoms in total. The summed E-state index contributed by atoms with van der Waals surface area (Å²) in [5.41, 5.74) is 0.917. The van der Waals surface area contributed by atoms with E-state index in [1.807, 2.05) is 41.9 Å². The summed E-state index contributed by atoms with van der Waals surface area (Å²) in [6, 6.07) is 9.73. The van der Waals surface area contributed by atoms with Crippen LogP contribution in [0.1, 0.15) is 37.4 Å². The Kier molecular flexibility index (Phi) is 4.92. The van der Waals surface area contributed by atoms with Gasteiger partial charge >= 0.3 is 6.03 Å². The zero-order valence-corrected chi connectivity index (χ0v) is 15.9. The smallest absolute Gasteiger partial charge is 0.322 e. The van der Waals surface area contributed by atoms with E-state index < -0.39 is 0 Å². The topological polar surface area (TPSA) is 68.6 Å². The molecular formula is C20H26N4O3. The van der Waals surface area contributed by atoms with Crippen LogP contribution in [0, 0.1) is 6.92 Å². The average molecular weight is 370 g/mol. The molecule has 1 fully saturated rings. The standard InChI is InChI=1S/C20H26N4O3/c1-14-11-19(24(22-14)15-7-3-4-8-15)21-20(25)23(2)12-16-13-26-17-9-5-6-10-18(17)27-16/h5-6,9-11,15-16H,3-4,7-8,12-13H2,1-2H3,(H,21,25). The summed E-state index contributed by atoms with van der Waals surface area (Å²) in [4.78, 5) is 14.3. The monoisotopic (exact) mass is 370 g/mol. The molecule has 4 rings (SSSR count). The molecule has 0 bridgehead atoms. The van der Waals surface area contributed by atoms with Crippen LogP contribution in [0.3, 0.4) is 0 Å². The first-order chi connectivity index (χ1) is 13.1. The first kappa shape index (κ1) is 17.7. The van der Waals surface area contributed by atoms with Crippen molar-refractivity contribution in [2.75, 3.05) is 25.5 Å². The molecule has 27 heavy (non-hydrogen) atoms. The Labute approximate surface area is 159 Å². The number of anilines is 1. The molecule has 1 aliphatic heterocycles. The van der Waals surface area contributed by atoms with Crippen LogP contribution < -0.4 is 14.8 Å². The lowest BCUT2D eigenvalue weighted by Crippen LogP contribution is -2.43. The Morgan fingerprint density at radius 3 is 2.81 bits per heavy atom. The molecular weight excluding hydrogens is 344 g/mol. The molecule has 0 spiro atoms. The summed E-state index contributed by atoms with van der Waals surface area (Å²) in [5.74, 6) is 2.23. The second-order valence-electron chi connectivity index (χ2n) is 7.36. The third-order valence-corrected chi connectivity index (χ3v) is 5.16. The van der Waals surface area contributed by atoms with Crippen molar-refractivity contribution in [3.8, 4) is 11.5 Å². The van der Waals surface area contributed by atoms with Crippen LogP contribution in [0.2, 0.25) is 0 Å². The molecule has 0 radical (unpaired) electrons. The number of fused-ring (bicyclic) bond motifs is 1. The SMILES string of the molecule is Cc1cc(NC(=O)N(C)CC2COc3ccccc3O2)n(C2CCCC2)n1. The van der Waals surface area contributed by atoms with Crippen LogP contribution in [0.5, 0.6) is 11.5 Å². The highest BCUT2D eigenvalue weighted by Crippen LogP contribution is 2.32. The van der Waals surface area contributed by atoms with Gasteiger partial charge < -0.3 is 14.4 Å². The summed E-state index contributed by atoms with van der Waals surface area (Å²) in [6.07, 6.45) is 4.48. The molecule has 1 unspecified atom stereocenters. The molecule has 1 aliphatic carbocycles. The number of urea groups is 1. The second-order valence-corrected chi connectivity index (χ2v) is 7.36. The van der Waals surface area contributed by atoms with Crippen LogP contribution in [0.15, 0.2) is 30.3 Å². The number of aryl methyl sites for hydroxylation is 1. The lowest BCUT2D eigenvalue weighted by Gasteiger charge is -2.29. The second kappa shape index (κ2) is 7.50. The van der Waals surface area contributed by atoms with Crippen molar-refractivity contribution in [2.24, 2.45) is 0 Å². The van der Waals surface area contributed by atoms with Gasteiger partial charge in [-0.1, -0.05) is 25.0 Å². The maximum atomic E-state index is 12.7. The van der Waals surface area contributed by atoms with Gasteiger partial charge in [0.25, 0.3) is 0 Å². The van der Waals surface area contributed by atoms with E-state index in [1.165, 1.54) is 12.8 Å². The molecule has 2 heterocycles. The number of likely N-dealkylation sites (N-methyl/N-ethyl adjacent to an activating group) is 1. The van der Waals surface area contributed by atoms with E-state index in [4.69, 9.17) is 9.47 Å². The van der Waals surface area contributed by atoms with E-state index in [1.54, 1.807) is 11.9 Å². The molecule has 1 aromatic carbocycles. The highest BCUT2D eigenvalue weighted by molar-refractivity contribution is 5.88. The van der Waals surface area contributed by atoms with Crippen LogP contribution in [-0.4, -0.2) is 47.0 Å². The van der Waals surface area contributed by atoms with Gasteiger partial charge in [-0.2, -0.15) is 5.10 Å². The lowest BCUT2D eigenvalue weighted by atomic mass is 10.2. The fourth-order valence-corrected chi connectivity index (χ4v) is 3.78. The van der Waals surface area contributed by atoms with E-state index >= 15 is 0 Å². The maximum absolute atomic E-state index is 12.7. The summed E-state index contributed by atoms with van der Waals surface area (Å²) in [5, 5.41) is 7.59. The van der Waals surface area contributed by atoms with Crippen molar-refractivity contribution in [2.45, 2.75) is 44.8 Å². The lowest BCUT2D eigenvalue weighted by molar-refractivity contribution is 0.0731. The van der Waals surface area contributed by atoms with Crippen LogP contribution in [0.4, 0.5) is 10.6 Å². The number of amides is 2. The molecule has 144 valence electrons. The van der Waals surface area contributed by atoms with E-state index in [2.05, 4.69) is 10.4 Å². The molecule has 0 saturated heterocycles. The van der Waals surface area contributed by atoms with Gasteiger partial charge in [0, 0.05) is 13.1 Å². The van der Waals surface area contributed by atoms with Gasteiger partial charge in [0.05, 0.1) is 18.3 Å². The van der Waals surface area contributed by atoms with Gasteiger partial charge in [0.15, 0.2) is 17.6 Å². The highest BCUT2D eigenvalue weighted by Gasteiger charge is 2.25. The van der Waals surface area contributed by atoms with Crippen LogP contribution in [0.25, 0.3) is 0 Å². The Morgan fingerprint density at radius 1 is 1.30 bits per heavy atom. The van der Waals surface area contributed by atoms with Gasteiger partial charge in [0.1, 0.15) is 12.4 Å². The fraction of sp³-hybridized carbons (Fsp3) is 0.500. The molecule has 2 amide bonds. The zero-order chi connectivity index (χ0) is 18.8. The van der Waals surface area contributed by atoms with Gasteiger partial charge in [-0.05, 0) is 31.9 Å². The molecule has 2 aliphatic rings. The van der Waals surface area contributed by atoms with Crippen LogP contribution in [-0.2, 0) is 0 Å². The number of benzene rings is 1. The number of carbonyl (C=O) groups is 1. The third-order valence-electron chi connectivity index (χ3n) is 5.16. The summed E-state index contributed by atoms with van der Waals surface area (Å²) in [6.45, 7) is 2.82. The zero-order valence-electron chi connectivity index (χ0n) is 15.9. The molecule has 7 heteroatoms. The summed E-state index contributed by atoms with van der Waals surface area (Å²) in [7, 11) is 1.77. The van der Waals surface area contributed by atoms with Crippen molar-refractivity contribution in [1.82, 2.24) is 14.7 Å². The number of nitrogens with one attached hydrogen (secondary N) is 1. The van der Waals surface area contributed by atoms with Gasteiger partial charge in [-0.3, -0.25) is 5.32 Å². The van der Waals surface area contributed by atoms with Crippen molar-refractivity contribution in [3.63, 3.8) is 0 Å².